The van der Waals surface area contributed by atoms with Crippen molar-refractivity contribution in [3.05, 3.63) is 70.8 Å². The molecule has 3 aromatic rings. The second-order valence-corrected chi connectivity index (χ2v) is 5.49. The van der Waals surface area contributed by atoms with E-state index in [9.17, 15) is 9.18 Å². The molecule has 1 aromatic heterocycles. The Kier molecular flexibility index (Phi) is 4.86. The molecule has 0 aliphatic carbocycles. The van der Waals surface area contributed by atoms with Crippen molar-refractivity contribution in [3.63, 3.8) is 0 Å². The summed E-state index contributed by atoms with van der Waals surface area (Å²) in [5.74, 6) is -0.786. The normalized spacial score (nSPS) is 10.6. The summed E-state index contributed by atoms with van der Waals surface area (Å²) >= 11 is 5.82. The maximum absolute atomic E-state index is 12.9. The summed E-state index contributed by atoms with van der Waals surface area (Å²) in [4.78, 5) is 12.0. The van der Waals surface area contributed by atoms with Crippen molar-refractivity contribution in [3.8, 4) is 11.5 Å². The molecule has 0 bridgehead atoms. The largest absolute Gasteiger partial charge is 0.412 e. The van der Waals surface area contributed by atoms with E-state index < -0.39 is 5.91 Å². The molecular weight excluding hydrogens is 333 g/mol. The van der Waals surface area contributed by atoms with Gasteiger partial charge in [0.05, 0.1) is 0 Å². The zero-order valence-corrected chi connectivity index (χ0v) is 13.3. The first-order chi connectivity index (χ1) is 11.6. The highest BCUT2D eigenvalue weighted by molar-refractivity contribution is 6.30. The van der Waals surface area contributed by atoms with Gasteiger partial charge in [-0.15, -0.1) is 10.2 Å². The molecule has 1 heterocycles. The maximum atomic E-state index is 12.9. The number of nitrogens with one attached hydrogen (secondary N) is 1. The number of carbonyl (C=O) groups excluding carboxylic acids is 1. The van der Waals surface area contributed by atoms with E-state index in [1.165, 1.54) is 24.3 Å². The second-order valence-electron chi connectivity index (χ2n) is 5.05. The molecule has 2 aromatic carbocycles. The summed E-state index contributed by atoms with van der Waals surface area (Å²) < 4.78 is 18.2. The minimum Gasteiger partial charge on any atom is -0.412 e. The number of rotatable bonds is 5. The Morgan fingerprint density at radius 1 is 1.08 bits per heavy atom. The van der Waals surface area contributed by atoms with E-state index in [0.29, 0.717) is 23.6 Å². The number of carbonyl (C=O) groups is 1. The molecule has 0 saturated carbocycles. The van der Waals surface area contributed by atoms with Crippen LogP contribution in [0.15, 0.2) is 52.9 Å². The van der Waals surface area contributed by atoms with Gasteiger partial charge in [-0.25, -0.2) is 4.39 Å². The summed E-state index contributed by atoms with van der Waals surface area (Å²) in [5.41, 5.74) is 1.60. The molecule has 0 aliphatic rings. The lowest BCUT2D eigenvalue weighted by Gasteiger charge is -2.03. The molecule has 122 valence electrons. The predicted octanol–water partition coefficient (Wildman–Crippen LogP) is 3.50. The van der Waals surface area contributed by atoms with E-state index in [2.05, 4.69) is 15.5 Å². The molecule has 1 amide bonds. The molecule has 3 rings (SSSR count). The minimum absolute atomic E-state index is 0.134. The van der Waals surface area contributed by atoms with Gasteiger partial charge >= 0.3 is 11.8 Å². The number of benzene rings is 2. The monoisotopic (exact) mass is 345 g/mol. The van der Waals surface area contributed by atoms with E-state index in [4.69, 9.17) is 16.0 Å². The van der Waals surface area contributed by atoms with E-state index in [1.807, 2.05) is 12.1 Å². The van der Waals surface area contributed by atoms with Crippen molar-refractivity contribution < 1.29 is 13.6 Å². The van der Waals surface area contributed by atoms with Crippen LogP contribution in [0.3, 0.4) is 0 Å². The van der Waals surface area contributed by atoms with Crippen LogP contribution in [0, 0.1) is 5.82 Å². The van der Waals surface area contributed by atoms with Gasteiger partial charge in [-0.2, -0.15) is 0 Å². The van der Waals surface area contributed by atoms with Gasteiger partial charge in [0, 0.05) is 17.1 Å². The average Bonchev–Trinajstić information content (AvgIpc) is 3.07. The molecule has 0 unspecified atom stereocenters. The SMILES string of the molecule is O=C(NCCc1ccc(Cl)cc1)c1nnc(-c2ccc(F)cc2)o1. The fourth-order valence-electron chi connectivity index (χ4n) is 2.07. The zero-order valence-electron chi connectivity index (χ0n) is 12.5. The highest BCUT2D eigenvalue weighted by atomic mass is 35.5. The van der Waals surface area contributed by atoms with Crippen LogP contribution in [0.4, 0.5) is 4.39 Å². The Hall–Kier alpha value is -2.73. The van der Waals surface area contributed by atoms with Crippen molar-refractivity contribution >= 4 is 17.5 Å². The Morgan fingerprint density at radius 2 is 1.79 bits per heavy atom. The highest BCUT2D eigenvalue weighted by Gasteiger charge is 2.15. The molecule has 0 radical (unpaired) electrons. The third kappa shape index (κ3) is 3.97. The Morgan fingerprint density at radius 3 is 2.50 bits per heavy atom. The summed E-state index contributed by atoms with van der Waals surface area (Å²) in [6.07, 6.45) is 0.655. The summed E-state index contributed by atoms with van der Waals surface area (Å²) in [6.45, 7) is 0.425. The lowest BCUT2D eigenvalue weighted by molar-refractivity contribution is 0.0920. The minimum atomic E-state index is -0.454. The van der Waals surface area contributed by atoms with E-state index in [-0.39, 0.29) is 17.6 Å². The van der Waals surface area contributed by atoms with Crippen molar-refractivity contribution in [2.75, 3.05) is 6.54 Å². The maximum Gasteiger partial charge on any atom is 0.308 e. The van der Waals surface area contributed by atoms with E-state index in [0.717, 1.165) is 5.56 Å². The number of nitrogens with zero attached hydrogens (tertiary/aromatic N) is 2. The third-order valence-corrected chi connectivity index (χ3v) is 3.57. The third-order valence-electron chi connectivity index (χ3n) is 3.32. The molecule has 24 heavy (non-hydrogen) atoms. The molecule has 0 atom stereocenters. The highest BCUT2D eigenvalue weighted by Crippen LogP contribution is 2.18. The molecule has 0 aliphatic heterocycles. The fourth-order valence-corrected chi connectivity index (χ4v) is 2.20. The molecule has 7 heteroatoms. The number of hydrogen-bond acceptors (Lipinski definition) is 4. The molecule has 5 nitrogen and oxygen atoms in total. The van der Waals surface area contributed by atoms with Crippen LogP contribution < -0.4 is 5.32 Å². The first kappa shape index (κ1) is 16.1. The average molecular weight is 346 g/mol. The summed E-state index contributed by atoms with van der Waals surface area (Å²) in [7, 11) is 0. The van der Waals surface area contributed by atoms with Gasteiger partial charge in [-0.3, -0.25) is 4.79 Å². The Balaban J connectivity index is 1.57. The van der Waals surface area contributed by atoms with Crippen LogP contribution in [0.25, 0.3) is 11.5 Å². The quantitative estimate of drug-likeness (QED) is 0.768. The number of hydrogen-bond donors (Lipinski definition) is 1. The van der Waals surface area contributed by atoms with Crippen LogP contribution in [-0.2, 0) is 6.42 Å². The van der Waals surface area contributed by atoms with E-state index >= 15 is 0 Å². The van der Waals surface area contributed by atoms with Crippen molar-refractivity contribution in [2.45, 2.75) is 6.42 Å². The number of aromatic nitrogens is 2. The predicted molar refractivity (Wildman–Crippen MR) is 87.2 cm³/mol. The van der Waals surface area contributed by atoms with Gasteiger partial charge < -0.3 is 9.73 Å². The first-order valence-corrected chi connectivity index (χ1v) is 7.62. The van der Waals surface area contributed by atoms with Crippen LogP contribution >= 0.6 is 11.6 Å². The molecule has 0 spiro atoms. The first-order valence-electron chi connectivity index (χ1n) is 7.24. The molecule has 0 fully saturated rings. The van der Waals surface area contributed by atoms with Gasteiger partial charge in [-0.05, 0) is 48.4 Å². The topological polar surface area (TPSA) is 68.0 Å². The second kappa shape index (κ2) is 7.23. The van der Waals surface area contributed by atoms with Crippen molar-refractivity contribution in [1.82, 2.24) is 15.5 Å². The van der Waals surface area contributed by atoms with Crippen LogP contribution in [0.1, 0.15) is 16.2 Å². The van der Waals surface area contributed by atoms with Gasteiger partial charge in [0.2, 0.25) is 5.89 Å². The van der Waals surface area contributed by atoms with Crippen molar-refractivity contribution in [1.29, 1.82) is 0 Å². The molecule has 1 N–H and O–H groups in total. The van der Waals surface area contributed by atoms with Crippen molar-refractivity contribution in [2.24, 2.45) is 0 Å². The lowest BCUT2D eigenvalue weighted by atomic mass is 10.1. The molecule has 0 saturated heterocycles. The zero-order chi connectivity index (χ0) is 16.9. The molecular formula is C17H13ClFN3O2. The standard InChI is InChI=1S/C17H13ClFN3O2/c18-13-5-1-11(2-6-13)9-10-20-15(23)17-22-21-16(24-17)12-3-7-14(19)8-4-12/h1-8H,9-10H2,(H,20,23). The van der Waals surface area contributed by atoms with Crippen LogP contribution in [0.2, 0.25) is 5.02 Å². The lowest BCUT2D eigenvalue weighted by Crippen LogP contribution is -2.26. The fraction of sp³-hybridized carbons (Fsp3) is 0.118. The summed E-state index contributed by atoms with van der Waals surface area (Å²) in [5, 5.41) is 10.9. The van der Waals surface area contributed by atoms with Gasteiger partial charge in [-0.1, -0.05) is 23.7 Å². The van der Waals surface area contributed by atoms with Gasteiger partial charge in [0.1, 0.15) is 5.82 Å². The Bertz CT molecular complexity index is 832. The Labute approximate surface area is 142 Å². The van der Waals surface area contributed by atoms with Gasteiger partial charge in [0.25, 0.3) is 0 Å². The van der Waals surface area contributed by atoms with E-state index in [1.54, 1.807) is 12.1 Å². The number of amides is 1. The number of halogens is 2. The van der Waals surface area contributed by atoms with Gasteiger partial charge in [0.15, 0.2) is 0 Å². The van der Waals surface area contributed by atoms with Crippen LogP contribution in [0.5, 0.6) is 0 Å². The van der Waals surface area contributed by atoms with Crippen LogP contribution in [-0.4, -0.2) is 22.6 Å². The summed E-state index contributed by atoms with van der Waals surface area (Å²) in [6, 6.07) is 13.0. The smallest absolute Gasteiger partial charge is 0.308 e.